The number of fused-ring (bicyclic) bond motifs is 1. The second-order valence-electron chi connectivity index (χ2n) is 6.61. The number of aromatic nitrogens is 2. The molecule has 0 aromatic carbocycles. The number of nitrogens with zero attached hydrogens (tertiary/aromatic N) is 3. The molecule has 0 saturated carbocycles. The van der Waals surface area contributed by atoms with E-state index in [1.807, 2.05) is 4.57 Å². The van der Waals surface area contributed by atoms with Crippen molar-refractivity contribution in [1.82, 2.24) is 14.5 Å². The normalized spacial score (nSPS) is 27.8. The third-order valence-electron chi connectivity index (χ3n) is 4.82. The summed E-state index contributed by atoms with van der Waals surface area (Å²) in [5.74, 6) is 1.07. The highest BCUT2D eigenvalue weighted by molar-refractivity contribution is 5.09. The summed E-state index contributed by atoms with van der Waals surface area (Å²) in [6, 6.07) is 1.24. The fraction of sp³-hybridized carbons (Fsp3) is 0.812. The topological polar surface area (TPSA) is 41.3 Å². The van der Waals surface area contributed by atoms with Gasteiger partial charge in [0.2, 0.25) is 0 Å². The first-order valence-corrected chi connectivity index (χ1v) is 8.15. The predicted molar refractivity (Wildman–Crippen MR) is 79.6 cm³/mol. The molecule has 3 rings (SSSR count). The number of imidazole rings is 1. The molecule has 0 spiro atoms. The van der Waals surface area contributed by atoms with Crippen LogP contribution in [0, 0.1) is 0 Å². The van der Waals surface area contributed by atoms with E-state index in [0.717, 1.165) is 31.5 Å². The number of hydrogen-bond donors (Lipinski definition) is 1. The molecule has 0 radical (unpaired) electrons. The summed E-state index contributed by atoms with van der Waals surface area (Å²) in [5, 5.41) is 10.0. The SMILES string of the molecule is CC(C)N1CCCCC1Cc1cn2c(n1)CCCC2O. The first-order chi connectivity index (χ1) is 9.65. The molecule has 1 saturated heterocycles. The summed E-state index contributed by atoms with van der Waals surface area (Å²) >= 11 is 0. The van der Waals surface area contributed by atoms with E-state index in [4.69, 9.17) is 4.98 Å². The lowest BCUT2D eigenvalue weighted by molar-refractivity contribution is 0.0779. The van der Waals surface area contributed by atoms with Crippen LogP contribution in [0.3, 0.4) is 0 Å². The Morgan fingerprint density at radius 3 is 2.90 bits per heavy atom. The van der Waals surface area contributed by atoms with Crippen molar-refractivity contribution in [2.75, 3.05) is 6.54 Å². The molecule has 0 bridgehead atoms. The molecule has 2 aliphatic heterocycles. The maximum Gasteiger partial charge on any atom is 0.131 e. The second kappa shape index (κ2) is 5.86. The maximum atomic E-state index is 10.0. The van der Waals surface area contributed by atoms with Crippen molar-refractivity contribution in [2.24, 2.45) is 0 Å². The highest BCUT2D eigenvalue weighted by atomic mass is 16.3. The highest BCUT2D eigenvalue weighted by Gasteiger charge is 2.26. The highest BCUT2D eigenvalue weighted by Crippen LogP contribution is 2.26. The third kappa shape index (κ3) is 2.77. The minimum absolute atomic E-state index is 0.354. The zero-order valence-corrected chi connectivity index (χ0v) is 12.8. The van der Waals surface area contributed by atoms with Crippen LogP contribution in [-0.4, -0.2) is 38.2 Å². The van der Waals surface area contributed by atoms with Gasteiger partial charge in [-0.2, -0.15) is 0 Å². The summed E-state index contributed by atoms with van der Waals surface area (Å²) < 4.78 is 1.99. The Hall–Kier alpha value is -0.870. The van der Waals surface area contributed by atoms with E-state index < -0.39 is 0 Å². The van der Waals surface area contributed by atoms with E-state index in [1.165, 1.54) is 31.5 Å². The zero-order chi connectivity index (χ0) is 14.1. The number of rotatable bonds is 3. The molecule has 1 aromatic rings. The molecule has 112 valence electrons. The van der Waals surface area contributed by atoms with Crippen molar-refractivity contribution in [2.45, 2.75) is 77.1 Å². The number of piperidine rings is 1. The molecular weight excluding hydrogens is 250 g/mol. The van der Waals surface area contributed by atoms with E-state index in [9.17, 15) is 5.11 Å². The van der Waals surface area contributed by atoms with Gasteiger partial charge in [0.05, 0.1) is 5.69 Å². The molecule has 1 N–H and O–H groups in total. The Balaban J connectivity index is 1.73. The van der Waals surface area contributed by atoms with Crippen molar-refractivity contribution in [3.8, 4) is 0 Å². The monoisotopic (exact) mass is 277 g/mol. The van der Waals surface area contributed by atoms with Gasteiger partial charge >= 0.3 is 0 Å². The van der Waals surface area contributed by atoms with Crippen LogP contribution < -0.4 is 0 Å². The van der Waals surface area contributed by atoms with Gasteiger partial charge in [-0.3, -0.25) is 4.90 Å². The molecule has 1 fully saturated rings. The quantitative estimate of drug-likeness (QED) is 0.923. The van der Waals surface area contributed by atoms with Crippen LogP contribution in [0.15, 0.2) is 6.20 Å². The minimum Gasteiger partial charge on any atom is -0.373 e. The standard InChI is InChI=1S/C16H27N3O/c1-12(2)18-9-4-3-6-14(18)10-13-11-19-15(17-13)7-5-8-16(19)20/h11-12,14,16,20H,3-10H2,1-2H3. The Morgan fingerprint density at radius 2 is 2.15 bits per heavy atom. The van der Waals surface area contributed by atoms with E-state index in [0.29, 0.717) is 12.1 Å². The lowest BCUT2D eigenvalue weighted by atomic mass is 9.97. The number of likely N-dealkylation sites (tertiary alicyclic amines) is 1. The van der Waals surface area contributed by atoms with Crippen LogP contribution in [0.2, 0.25) is 0 Å². The molecule has 1 aromatic heterocycles. The number of aliphatic hydroxyl groups excluding tert-OH is 1. The van der Waals surface area contributed by atoms with Crippen molar-refractivity contribution < 1.29 is 5.11 Å². The molecule has 3 heterocycles. The first kappa shape index (κ1) is 14.1. The summed E-state index contributed by atoms with van der Waals surface area (Å²) in [7, 11) is 0. The predicted octanol–water partition coefficient (Wildman–Crippen LogP) is 2.52. The van der Waals surface area contributed by atoms with Crippen LogP contribution >= 0.6 is 0 Å². The van der Waals surface area contributed by atoms with Crippen molar-refractivity contribution in [3.05, 3.63) is 17.7 Å². The zero-order valence-electron chi connectivity index (χ0n) is 12.8. The van der Waals surface area contributed by atoms with Crippen LogP contribution in [-0.2, 0) is 12.8 Å². The molecule has 2 unspecified atom stereocenters. The van der Waals surface area contributed by atoms with Gasteiger partial charge in [-0.15, -0.1) is 0 Å². The summed E-state index contributed by atoms with van der Waals surface area (Å²) in [6.07, 6.45) is 9.64. The Kier molecular flexibility index (Phi) is 4.13. The molecule has 2 aliphatic rings. The van der Waals surface area contributed by atoms with Gasteiger partial charge < -0.3 is 9.67 Å². The van der Waals surface area contributed by atoms with E-state index in [-0.39, 0.29) is 6.23 Å². The fourth-order valence-electron chi connectivity index (χ4n) is 3.77. The summed E-state index contributed by atoms with van der Waals surface area (Å²) in [4.78, 5) is 7.39. The number of aliphatic hydroxyl groups is 1. The van der Waals surface area contributed by atoms with Crippen LogP contribution in [0.4, 0.5) is 0 Å². The van der Waals surface area contributed by atoms with Crippen LogP contribution in [0.25, 0.3) is 0 Å². The first-order valence-electron chi connectivity index (χ1n) is 8.15. The van der Waals surface area contributed by atoms with Gasteiger partial charge in [0, 0.05) is 31.1 Å². The summed E-state index contributed by atoms with van der Waals surface area (Å²) in [5.41, 5.74) is 1.17. The molecule has 2 atom stereocenters. The lowest BCUT2D eigenvalue weighted by Crippen LogP contribution is -2.45. The molecule has 0 aliphatic carbocycles. The summed E-state index contributed by atoms with van der Waals surface area (Å²) in [6.45, 7) is 5.80. The van der Waals surface area contributed by atoms with E-state index in [2.05, 4.69) is 24.9 Å². The number of hydrogen-bond acceptors (Lipinski definition) is 3. The van der Waals surface area contributed by atoms with Gasteiger partial charge in [0.15, 0.2) is 0 Å². The van der Waals surface area contributed by atoms with Gasteiger partial charge in [-0.1, -0.05) is 6.42 Å². The van der Waals surface area contributed by atoms with Crippen molar-refractivity contribution >= 4 is 0 Å². The average Bonchev–Trinajstić information content (AvgIpc) is 2.83. The van der Waals surface area contributed by atoms with Gasteiger partial charge in [-0.25, -0.2) is 4.98 Å². The van der Waals surface area contributed by atoms with Gasteiger partial charge in [0.25, 0.3) is 0 Å². The largest absolute Gasteiger partial charge is 0.373 e. The average molecular weight is 277 g/mol. The Labute approximate surface area is 121 Å². The Morgan fingerprint density at radius 1 is 1.30 bits per heavy atom. The van der Waals surface area contributed by atoms with Crippen LogP contribution in [0.5, 0.6) is 0 Å². The molecule has 4 nitrogen and oxygen atoms in total. The molecule has 20 heavy (non-hydrogen) atoms. The lowest BCUT2D eigenvalue weighted by Gasteiger charge is -2.38. The minimum atomic E-state index is -0.354. The smallest absolute Gasteiger partial charge is 0.131 e. The van der Waals surface area contributed by atoms with Crippen molar-refractivity contribution in [3.63, 3.8) is 0 Å². The maximum absolute atomic E-state index is 10.0. The Bertz CT molecular complexity index is 455. The fourth-order valence-corrected chi connectivity index (χ4v) is 3.77. The second-order valence-corrected chi connectivity index (χ2v) is 6.61. The van der Waals surface area contributed by atoms with E-state index in [1.54, 1.807) is 0 Å². The molecular formula is C16H27N3O. The van der Waals surface area contributed by atoms with Gasteiger partial charge in [-0.05, 0) is 46.1 Å². The van der Waals surface area contributed by atoms with Gasteiger partial charge in [0.1, 0.15) is 12.1 Å². The van der Waals surface area contributed by atoms with Crippen LogP contribution in [0.1, 0.15) is 63.7 Å². The van der Waals surface area contributed by atoms with E-state index >= 15 is 0 Å². The third-order valence-corrected chi connectivity index (χ3v) is 4.82. The number of aryl methyl sites for hydroxylation is 1. The van der Waals surface area contributed by atoms with Crippen molar-refractivity contribution in [1.29, 1.82) is 0 Å². The molecule has 0 amide bonds. The molecule has 4 heteroatoms.